The fraction of sp³-hybridized carbons (Fsp3) is 0.611. The molecule has 1 aromatic rings. The number of amides is 1. The van der Waals surface area contributed by atoms with Crippen molar-refractivity contribution in [3.63, 3.8) is 0 Å². The summed E-state index contributed by atoms with van der Waals surface area (Å²) in [6, 6.07) is 7.82. The van der Waals surface area contributed by atoms with Crippen molar-refractivity contribution < 1.29 is 14.3 Å². The fourth-order valence-corrected chi connectivity index (χ4v) is 2.65. The van der Waals surface area contributed by atoms with Gasteiger partial charge in [-0.25, -0.2) is 0 Å². The van der Waals surface area contributed by atoms with Crippen LogP contribution in [0.1, 0.15) is 24.8 Å². The Balaban J connectivity index is 0.00000312. The van der Waals surface area contributed by atoms with Crippen molar-refractivity contribution in [3.8, 4) is 5.75 Å². The van der Waals surface area contributed by atoms with Gasteiger partial charge in [0.05, 0.1) is 12.7 Å². The lowest BCUT2D eigenvalue weighted by Gasteiger charge is -2.13. The zero-order valence-corrected chi connectivity index (χ0v) is 17.1. The number of hydrogen-bond acceptors (Lipinski definition) is 5. The molecule has 1 aliphatic rings. The molecule has 26 heavy (non-hydrogen) atoms. The molecular weight excluding hydrogens is 377 g/mol. The first-order valence-electron chi connectivity index (χ1n) is 8.58. The fourth-order valence-electron chi connectivity index (χ4n) is 2.65. The smallest absolute Gasteiger partial charge is 0.249 e. The maximum atomic E-state index is 12.1. The molecule has 3 N–H and O–H groups in total. The minimum atomic E-state index is -0.363. The van der Waals surface area contributed by atoms with Gasteiger partial charge in [0.15, 0.2) is 0 Å². The second-order valence-electron chi connectivity index (χ2n) is 6.43. The van der Waals surface area contributed by atoms with E-state index in [2.05, 4.69) is 24.3 Å². The summed E-state index contributed by atoms with van der Waals surface area (Å²) in [5, 5.41) is 2.92. The Morgan fingerprint density at radius 3 is 2.54 bits per heavy atom. The molecule has 0 unspecified atom stereocenters. The molecule has 1 heterocycles. The topological polar surface area (TPSA) is 76.8 Å². The number of halogens is 2. The average molecular weight is 408 g/mol. The third-order valence-electron chi connectivity index (χ3n) is 4.07. The van der Waals surface area contributed by atoms with Crippen LogP contribution in [0.5, 0.6) is 5.75 Å². The Hall–Kier alpha value is -1.05. The van der Waals surface area contributed by atoms with E-state index < -0.39 is 0 Å². The molecule has 0 saturated carbocycles. The van der Waals surface area contributed by atoms with Crippen LogP contribution in [0.15, 0.2) is 24.3 Å². The largest absolute Gasteiger partial charge is 0.494 e. The molecule has 2 atom stereocenters. The first kappa shape index (κ1) is 24.9. The minimum Gasteiger partial charge on any atom is -0.494 e. The lowest BCUT2D eigenvalue weighted by atomic mass is 10.1. The van der Waals surface area contributed by atoms with Crippen molar-refractivity contribution >= 4 is 30.7 Å². The van der Waals surface area contributed by atoms with E-state index >= 15 is 0 Å². The molecule has 2 rings (SSSR count). The highest BCUT2D eigenvalue weighted by molar-refractivity contribution is 5.85. The SMILES string of the molecule is CN(C)CCCOc1ccc(CNC(=O)[C@@H]2CC[C@H](CN)O2)cc1.Cl.Cl. The van der Waals surface area contributed by atoms with E-state index in [4.69, 9.17) is 15.2 Å². The van der Waals surface area contributed by atoms with Gasteiger partial charge in [0.2, 0.25) is 5.91 Å². The molecule has 0 bridgehead atoms. The number of ether oxygens (including phenoxy) is 2. The maximum Gasteiger partial charge on any atom is 0.249 e. The van der Waals surface area contributed by atoms with Crippen molar-refractivity contribution in [3.05, 3.63) is 29.8 Å². The Morgan fingerprint density at radius 2 is 1.96 bits per heavy atom. The summed E-state index contributed by atoms with van der Waals surface area (Å²) in [4.78, 5) is 14.2. The van der Waals surface area contributed by atoms with Crippen LogP contribution in [-0.4, -0.2) is 56.8 Å². The van der Waals surface area contributed by atoms with Gasteiger partial charge in [-0.3, -0.25) is 4.79 Å². The quantitative estimate of drug-likeness (QED) is 0.612. The summed E-state index contributed by atoms with van der Waals surface area (Å²) in [6.45, 7) is 2.68. The summed E-state index contributed by atoms with van der Waals surface area (Å²) in [5.74, 6) is 0.795. The number of rotatable bonds is 9. The number of hydrogen-bond donors (Lipinski definition) is 2. The normalized spacial score (nSPS) is 18.8. The number of carbonyl (C=O) groups is 1. The van der Waals surface area contributed by atoms with Crippen molar-refractivity contribution in [1.29, 1.82) is 0 Å². The summed E-state index contributed by atoms with van der Waals surface area (Å²) < 4.78 is 11.3. The van der Waals surface area contributed by atoms with E-state index in [9.17, 15) is 4.79 Å². The van der Waals surface area contributed by atoms with Gasteiger partial charge in [0, 0.05) is 19.6 Å². The van der Waals surface area contributed by atoms with E-state index in [0.29, 0.717) is 19.7 Å². The molecule has 0 spiro atoms. The van der Waals surface area contributed by atoms with Crippen molar-refractivity contribution in [2.24, 2.45) is 5.73 Å². The van der Waals surface area contributed by atoms with Crippen LogP contribution < -0.4 is 15.8 Å². The van der Waals surface area contributed by atoms with E-state index in [1.54, 1.807) is 0 Å². The van der Waals surface area contributed by atoms with E-state index in [1.807, 2.05) is 24.3 Å². The number of nitrogens with two attached hydrogens (primary N) is 1. The summed E-state index contributed by atoms with van der Waals surface area (Å²) in [5.41, 5.74) is 6.60. The summed E-state index contributed by atoms with van der Waals surface area (Å²) in [6.07, 6.45) is 2.25. The van der Waals surface area contributed by atoms with Crippen LogP contribution in [0.4, 0.5) is 0 Å². The lowest BCUT2D eigenvalue weighted by Crippen LogP contribution is -2.35. The number of benzene rings is 1. The lowest BCUT2D eigenvalue weighted by molar-refractivity contribution is -0.132. The van der Waals surface area contributed by atoms with Gasteiger partial charge >= 0.3 is 0 Å². The Morgan fingerprint density at radius 1 is 1.27 bits per heavy atom. The molecule has 8 heteroatoms. The van der Waals surface area contributed by atoms with E-state index in [-0.39, 0.29) is 42.9 Å². The molecule has 1 aromatic carbocycles. The van der Waals surface area contributed by atoms with E-state index in [0.717, 1.165) is 37.1 Å². The predicted octanol–water partition coefficient (Wildman–Crippen LogP) is 1.98. The van der Waals surface area contributed by atoms with Gasteiger partial charge < -0.3 is 25.4 Å². The van der Waals surface area contributed by atoms with Gasteiger partial charge in [0.25, 0.3) is 0 Å². The minimum absolute atomic E-state index is 0. The highest BCUT2D eigenvalue weighted by Gasteiger charge is 2.29. The van der Waals surface area contributed by atoms with Gasteiger partial charge in [-0.15, -0.1) is 24.8 Å². The molecular formula is C18H31Cl2N3O3. The summed E-state index contributed by atoms with van der Waals surface area (Å²) >= 11 is 0. The van der Waals surface area contributed by atoms with Gasteiger partial charge in [-0.05, 0) is 51.1 Å². The van der Waals surface area contributed by atoms with Crippen LogP contribution in [0, 0.1) is 0 Å². The third kappa shape index (κ3) is 8.56. The second-order valence-corrected chi connectivity index (χ2v) is 6.43. The first-order valence-corrected chi connectivity index (χ1v) is 8.58. The molecule has 1 amide bonds. The first-order chi connectivity index (χ1) is 11.6. The molecule has 0 aliphatic carbocycles. The standard InChI is InChI=1S/C18H29N3O3.2ClH/c1-21(2)10-3-11-23-15-6-4-14(5-7-15)13-20-18(22)17-9-8-16(12-19)24-17;;/h4-7,16-17H,3,8-13,19H2,1-2H3,(H,20,22);2*1H/t16-,17+;;/m1../s1. The molecule has 6 nitrogen and oxygen atoms in total. The molecule has 150 valence electrons. The van der Waals surface area contributed by atoms with Crippen LogP contribution in [0.3, 0.4) is 0 Å². The zero-order valence-electron chi connectivity index (χ0n) is 15.5. The summed E-state index contributed by atoms with van der Waals surface area (Å²) in [7, 11) is 4.10. The molecule has 0 radical (unpaired) electrons. The highest BCUT2D eigenvalue weighted by atomic mass is 35.5. The average Bonchev–Trinajstić information content (AvgIpc) is 3.07. The maximum absolute atomic E-state index is 12.1. The van der Waals surface area contributed by atoms with Crippen LogP contribution in [-0.2, 0) is 16.1 Å². The van der Waals surface area contributed by atoms with Crippen molar-refractivity contribution in [2.45, 2.75) is 38.0 Å². The number of nitrogens with one attached hydrogen (secondary N) is 1. The molecule has 1 fully saturated rings. The molecule has 1 aliphatic heterocycles. The second kappa shape index (κ2) is 13.2. The third-order valence-corrected chi connectivity index (χ3v) is 4.07. The molecule has 1 saturated heterocycles. The van der Waals surface area contributed by atoms with Gasteiger partial charge in [0.1, 0.15) is 11.9 Å². The number of nitrogens with zero attached hydrogens (tertiary/aromatic N) is 1. The Bertz CT molecular complexity index is 515. The van der Waals surface area contributed by atoms with Crippen LogP contribution in [0.2, 0.25) is 0 Å². The monoisotopic (exact) mass is 407 g/mol. The van der Waals surface area contributed by atoms with Crippen LogP contribution >= 0.6 is 24.8 Å². The number of carbonyl (C=O) groups excluding carboxylic acids is 1. The molecule has 0 aromatic heterocycles. The highest BCUT2D eigenvalue weighted by Crippen LogP contribution is 2.19. The Kier molecular flexibility index (Phi) is 12.6. The Labute approximate surface area is 168 Å². The van der Waals surface area contributed by atoms with E-state index in [1.165, 1.54) is 0 Å². The predicted molar refractivity (Wildman–Crippen MR) is 108 cm³/mol. The zero-order chi connectivity index (χ0) is 17.4. The van der Waals surface area contributed by atoms with Gasteiger partial charge in [-0.2, -0.15) is 0 Å². The van der Waals surface area contributed by atoms with Gasteiger partial charge in [-0.1, -0.05) is 12.1 Å². The van der Waals surface area contributed by atoms with Crippen LogP contribution in [0.25, 0.3) is 0 Å². The van der Waals surface area contributed by atoms with Crippen molar-refractivity contribution in [1.82, 2.24) is 10.2 Å². The van der Waals surface area contributed by atoms with Crippen molar-refractivity contribution in [2.75, 3.05) is 33.8 Å².